The number of hydrogen-bond acceptors (Lipinski definition) is 8. The van der Waals surface area contributed by atoms with Gasteiger partial charge in [0.1, 0.15) is 16.4 Å². The van der Waals surface area contributed by atoms with Gasteiger partial charge in [0, 0.05) is 37.9 Å². The molecule has 1 N–H and O–H groups in total. The molecule has 2 heterocycles. The van der Waals surface area contributed by atoms with Crippen LogP contribution in [0.1, 0.15) is 13.8 Å². The lowest BCUT2D eigenvalue weighted by atomic mass is 10.2. The molecule has 180 valence electrons. The van der Waals surface area contributed by atoms with Gasteiger partial charge in [-0.3, -0.25) is 4.72 Å². The number of para-hydroxylation sites is 1. The summed E-state index contributed by atoms with van der Waals surface area (Å²) in [6, 6.07) is 15.0. The highest BCUT2D eigenvalue weighted by Gasteiger charge is 2.23. The van der Waals surface area contributed by atoms with Crippen LogP contribution in [0.5, 0.6) is 11.5 Å². The summed E-state index contributed by atoms with van der Waals surface area (Å²) < 4.78 is 39.7. The molecule has 1 fully saturated rings. The quantitative estimate of drug-likeness (QED) is 0.495. The smallest absolute Gasteiger partial charge is 0.265 e. The summed E-state index contributed by atoms with van der Waals surface area (Å²) in [4.78, 5) is 13.2. The van der Waals surface area contributed by atoms with Crippen LogP contribution in [0, 0.1) is 0 Å². The molecular formula is C24H29N5O4S. The van der Waals surface area contributed by atoms with Gasteiger partial charge in [0.25, 0.3) is 10.0 Å². The minimum absolute atomic E-state index is 0.00131. The molecule has 0 amide bonds. The molecule has 0 atom stereocenters. The maximum atomic E-state index is 13.1. The molecule has 0 bridgehead atoms. The van der Waals surface area contributed by atoms with Crippen molar-refractivity contribution in [1.29, 1.82) is 0 Å². The van der Waals surface area contributed by atoms with E-state index in [2.05, 4.69) is 36.6 Å². The molecule has 1 aliphatic rings. The number of aromatic nitrogens is 2. The number of nitrogens with one attached hydrogen (secondary N) is 1. The van der Waals surface area contributed by atoms with Crippen LogP contribution >= 0.6 is 0 Å². The van der Waals surface area contributed by atoms with E-state index in [0.717, 1.165) is 26.2 Å². The van der Waals surface area contributed by atoms with Gasteiger partial charge in [-0.1, -0.05) is 18.2 Å². The second-order valence-electron chi connectivity index (χ2n) is 7.66. The number of hydrogen-bond donors (Lipinski definition) is 1. The first-order chi connectivity index (χ1) is 16.5. The second kappa shape index (κ2) is 10.6. The first-order valence-electron chi connectivity index (χ1n) is 11.3. The molecule has 0 spiro atoms. The van der Waals surface area contributed by atoms with Crippen LogP contribution in [-0.4, -0.2) is 57.8 Å². The van der Waals surface area contributed by atoms with Crippen molar-refractivity contribution in [2.24, 2.45) is 0 Å². The van der Waals surface area contributed by atoms with Crippen molar-refractivity contribution < 1.29 is 17.9 Å². The molecule has 0 saturated carbocycles. The van der Waals surface area contributed by atoms with Crippen molar-refractivity contribution in [1.82, 2.24) is 9.97 Å². The molecule has 0 aliphatic carbocycles. The lowest BCUT2D eigenvalue weighted by molar-refractivity contribution is 0.322. The Morgan fingerprint density at radius 1 is 0.882 bits per heavy atom. The predicted octanol–water partition coefficient (Wildman–Crippen LogP) is 3.40. The van der Waals surface area contributed by atoms with Crippen molar-refractivity contribution in [2.45, 2.75) is 18.7 Å². The summed E-state index contributed by atoms with van der Waals surface area (Å²) in [5.41, 5.74) is 1.48. The van der Waals surface area contributed by atoms with Crippen molar-refractivity contribution in [3.63, 3.8) is 0 Å². The summed E-state index contributed by atoms with van der Waals surface area (Å²) in [6.45, 7) is 7.68. The zero-order valence-corrected chi connectivity index (χ0v) is 20.2. The average molecular weight is 484 g/mol. The fraction of sp³-hybridized carbons (Fsp3) is 0.333. The maximum Gasteiger partial charge on any atom is 0.265 e. The molecule has 0 unspecified atom stereocenters. The van der Waals surface area contributed by atoms with Gasteiger partial charge in [-0.05, 0) is 38.1 Å². The molecule has 1 aliphatic heterocycles. The Hall–Kier alpha value is -3.53. The molecule has 0 radical (unpaired) electrons. The average Bonchev–Trinajstić information content (AvgIpc) is 2.86. The van der Waals surface area contributed by atoms with Gasteiger partial charge in [0.05, 0.1) is 31.3 Å². The molecule has 1 saturated heterocycles. The predicted molar refractivity (Wildman–Crippen MR) is 132 cm³/mol. The van der Waals surface area contributed by atoms with Crippen molar-refractivity contribution in [3.8, 4) is 11.5 Å². The Balaban J connectivity index is 1.44. The number of rotatable bonds is 9. The van der Waals surface area contributed by atoms with E-state index in [-0.39, 0.29) is 16.3 Å². The molecule has 4 rings (SSSR count). The molecular weight excluding hydrogens is 454 g/mol. The van der Waals surface area contributed by atoms with Crippen LogP contribution in [-0.2, 0) is 10.0 Å². The largest absolute Gasteiger partial charge is 0.494 e. The number of nitrogens with zero attached hydrogens (tertiary/aromatic N) is 4. The van der Waals surface area contributed by atoms with Gasteiger partial charge >= 0.3 is 0 Å². The van der Waals surface area contributed by atoms with Gasteiger partial charge in [-0.25, -0.2) is 18.4 Å². The monoisotopic (exact) mass is 483 g/mol. The van der Waals surface area contributed by atoms with Crippen molar-refractivity contribution in [3.05, 3.63) is 60.9 Å². The highest BCUT2D eigenvalue weighted by molar-refractivity contribution is 7.92. The van der Waals surface area contributed by atoms with E-state index >= 15 is 0 Å². The van der Waals surface area contributed by atoms with Crippen LogP contribution < -0.4 is 24.0 Å². The standard InChI is InChI=1S/C24H29N5O4S/c1-3-32-21-10-11-22(33-4-2)23(16-21)34(30,31)27-19-17-25-24(26-18-19)29-14-12-28(13-15-29)20-8-6-5-7-9-20/h5-11,16-18,27H,3-4,12-15H2,1-2H3. The Bertz CT molecular complexity index is 1180. The van der Waals surface area contributed by atoms with Crippen LogP contribution in [0.15, 0.2) is 65.8 Å². The fourth-order valence-corrected chi connectivity index (χ4v) is 4.97. The summed E-state index contributed by atoms with van der Waals surface area (Å²) in [5.74, 6) is 1.28. The van der Waals surface area contributed by atoms with E-state index in [1.165, 1.54) is 24.1 Å². The third-order valence-electron chi connectivity index (χ3n) is 5.39. The van der Waals surface area contributed by atoms with E-state index in [1.54, 1.807) is 19.1 Å². The first-order valence-corrected chi connectivity index (χ1v) is 12.8. The minimum Gasteiger partial charge on any atom is -0.494 e. The van der Waals surface area contributed by atoms with Gasteiger partial charge in [-0.15, -0.1) is 0 Å². The van der Waals surface area contributed by atoms with Gasteiger partial charge in [-0.2, -0.15) is 0 Å². The SMILES string of the molecule is CCOc1ccc(OCC)c(S(=O)(=O)Nc2cnc(N3CCN(c4ccccc4)CC3)nc2)c1. The number of ether oxygens (including phenoxy) is 2. The van der Waals surface area contributed by atoms with Gasteiger partial charge < -0.3 is 19.3 Å². The molecule has 10 heteroatoms. The van der Waals surface area contributed by atoms with E-state index < -0.39 is 10.0 Å². The van der Waals surface area contributed by atoms with Crippen molar-refractivity contribution in [2.75, 3.05) is 53.9 Å². The zero-order chi connectivity index (χ0) is 24.0. The third-order valence-corrected chi connectivity index (χ3v) is 6.79. The summed E-state index contributed by atoms with van der Waals surface area (Å²) in [7, 11) is -3.94. The highest BCUT2D eigenvalue weighted by Crippen LogP contribution is 2.30. The Labute approximate surface area is 200 Å². The number of benzene rings is 2. The van der Waals surface area contributed by atoms with Crippen LogP contribution in [0.25, 0.3) is 0 Å². The first kappa shape index (κ1) is 23.6. The Morgan fingerprint density at radius 3 is 2.18 bits per heavy atom. The lowest BCUT2D eigenvalue weighted by Gasteiger charge is -2.36. The summed E-state index contributed by atoms with van der Waals surface area (Å²) in [6.07, 6.45) is 2.96. The fourth-order valence-electron chi connectivity index (χ4n) is 3.78. The number of anilines is 3. The van der Waals surface area contributed by atoms with Gasteiger partial charge in [0.15, 0.2) is 0 Å². The summed E-state index contributed by atoms with van der Waals surface area (Å²) in [5, 5.41) is 0. The normalized spacial score (nSPS) is 14.1. The van der Waals surface area contributed by atoms with E-state index in [9.17, 15) is 8.42 Å². The van der Waals surface area contributed by atoms with E-state index in [0.29, 0.717) is 24.9 Å². The van der Waals surface area contributed by atoms with Crippen LogP contribution in [0.4, 0.5) is 17.3 Å². The minimum atomic E-state index is -3.94. The molecule has 9 nitrogen and oxygen atoms in total. The van der Waals surface area contributed by atoms with Gasteiger partial charge in [0.2, 0.25) is 5.95 Å². The highest BCUT2D eigenvalue weighted by atomic mass is 32.2. The molecule has 3 aromatic rings. The molecule has 34 heavy (non-hydrogen) atoms. The molecule has 1 aromatic heterocycles. The maximum absolute atomic E-state index is 13.1. The lowest BCUT2D eigenvalue weighted by Crippen LogP contribution is -2.47. The van der Waals surface area contributed by atoms with Crippen LogP contribution in [0.2, 0.25) is 0 Å². The topological polar surface area (TPSA) is 96.9 Å². The van der Waals surface area contributed by atoms with E-state index in [1.807, 2.05) is 25.1 Å². The summed E-state index contributed by atoms with van der Waals surface area (Å²) >= 11 is 0. The van der Waals surface area contributed by atoms with Crippen LogP contribution in [0.3, 0.4) is 0 Å². The Kier molecular flexibility index (Phi) is 7.36. The number of piperazine rings is 1. The Morgan fingerprint density at radius 2 is 1.53 bits per heavy atom. The molecule has 2 aromatic carbocycles. The number of sulfonamides is 1. The zero-order valence-electron chi connectivity index (χ0n) is 19.3. The second-order valence-corrected chi connectivity index (χ2v) is 9.31. The van der Waals surface area contributed by atoms with Crippen molar-refractivity contribution >= 4 is 27.3 Å². The third kappa shape index (κ3) is 5.51. The van der Waals surface area contributed by atoms with E-state index in [4.69, 9.17) is 9.47 Å².